The van der Waals surface area contributed by atoms with Gasteiger partial charge in [0.05, 0.1) is 31.4 Å². The normalized spacial score (nSPS) is 20.2. The molecule has 164 valence electrons. The van der Waals surface area contributed by atoms with Gasteiger partial charge in [-0.05, 0) is 61.4 Å². The van der Waals surface area contributed by atoms with Crippen molar-refractivity contribution in [1.29, 1.82) is 0 Å². The Morgan fingerprint density at radius 2 is 2.00 bits per heavy atom. The van der Waals surface area contributed by atoms with E-state index in [1.807, 2.05) is 48.0 Å². The second kappa shape index (κ2) is 8.12. The molecule has 2 aliphatic rings. The number of aromatic nitrogens is 2. The van der Waals surface area contributed by atoms with Crippen LogP contribution in [0.4, 0.5) is 4.39 Å². The number of amidine groups is 1. The van der Waals surface area contributed by atoms with Crippen LogP contribution in [0, 0.1) is 12.7 Å². The van der Waals surface area contributed by atoms with Crippen molar-refractivity contribution in [2.24, 2.45) is 5.16 Å². The number of hydrogen-bond acceptors (Lipinski definition) is 6. The van der Waals surface area contributed by atoms with E-state index >= 15 is 0 Å². The number of halogens is 1. The lowest BCUT2D eigenvalue weighted by Crippen LogP contribution is -2.48. The Hall–Kier alpha value is -3.65. The molecule has 0 N–H and O–H groups in total. The minimum absolute atomic E-state index is 0.296. The third kappa shape index (κ3) is 3.52. The highest BCUT2D eigenvalue weighted by molar-refractivity contribution is 5.96. The second-order valence-corrected chi connectivity index (χ2v) is 7.75. The lowest BCUT2D eigenvalue weighted by atomic mass is 9.96. The van der Waals surface area contributed by atoms with Gasteiger partial charge in [-0.1, -0.05) is 17.3 Å². The summed E-state index contributed by atoms with van der Waals surface area (Å²) >= 11 is 0. The largest absolute Gasteiger partial charge is 0.495 e. The van der Waals surface area contributed by atoms with Crippen LogP contribution in [0.2, 0.25) is 0 Å². The average Bonchev–Trinajstić information content (AvgIpc) is 3.42. The van der Waals surface area contributed by atoms with E-state index in [4.69, 9.17) is 14.4 Å². The van der Waals surface area contributed by atoms with E-state index in [9.17, 15) is 4.39 Å². The summed E-state index contributed by atoms with van der Waals surface area (Å²) in [6.45, 7) is 2.51. The molecule has 3 aromatic rings. The summed E-state index contributed by atoms with van der Waals surface area (Å²) in [5.74, 6) is 0.974. The number of hydrogen-bond donors (Lipinski definition) is 0. The first-order chi connectivity index (χ1) is 15.6. The Labute approximate surface area is 185 Å². The van der Waals surface area contributed by atoms with E-state index < -0.39 is 5.72 Å². The van der Waals surface area contributed by atoms with Crippen LogP contribution in [0.3, 0.4) is 0 Å². The Bertz CT molecular complexity index is 1190. The Morgan fingerprint density at radius 1 is 1.16 bits per heavy atom. The van der Waals surface area contributed by atoms with Crippen LogP contribution in [0.25, 0.3) is 11.8 Å². The average molecular weight is 434 g/mol. The van der Waals surface area contributed by atoms with Crippen molar-refractivity contribution in [3.05, 3.63) is 83.7 Å². The number of aryl methyl sites for hydroxylation is 1. The maximum atomic E-state index is 13.4. The molecular formula is C24H23FN4O3. The number of benzene rings is 2. The van der Waals surface area contributed by atoms with E-state index in [1.165, 1.54) is 12.1 Å². The van der Waals surface area contributed by atoms with Crippen LogP contribution in [-0.2, 0) is 15.4 Å². The van der Waals surface area contributed by atoms with Gasteiger partial charge in [0.15, 0.2) is 5.84 Å². The zero-order valence-electron chi connectivity index (χ0n) is 17.9. The smallest absolute Gasteiger partial charge is 0.259 e. The first-order valence-corrected chi connectivity index (χ1v) is 10.4. The third-order valence-electron chi connectivity index (χ3n) is 5.62. The standard InChI is InChI=1S/C24H23FN4O3/c1-17-15-28(16-26-17)21-10-4-18(14-22(21)30-2)5-11-23-27-32-24(12-3-13-31-29(23)24)19-6-8-20(25)9-7-19/h4-11,14-16H,3,12-13H2,1-2H3/b11-5+. The van der Waals surface area contributed by atoms with Crippen LogP contribution in [-0.4, -0.2) is 34.2 Å². The Morgan fingerprint density at radius 3 is 2.75 bits per heavy atom. The van der Waals surface area contributed by atoms with Gasteiger partial charge in [0.25, 0.3) is 5.72 Å². The number of fused-ring (bicyclic) bond motifs is 1. The maximum Gasteiger partial charge on any atom is 0.259 e. The number of methoxy groups -OCH3 is 1. The number of oxime groups is 1. The fourth-order valence-electron chi connectivity index (χ4n) is 4.02. The molecule has 1 aromatic heterocycles. The van der Waals surface area contributed by atoms with Crippen molar-refractivity contribution in [1.82, 2.24) is 14.6 Å². The number of nitrogens with zero attached hydrogens (tertiary/aromatic N) is 4. The summed E-state index contributed by atoms with van der Waals surface area (Å²) in [5.41, 5.74) is 2.68. The van der Waals surface area contributed by atoms with Crippen LogP contribution < -0.4 is 4.74 Å². The minimum Gasteiger partial charge on any atom is -0.495 e. The van der Waals surface area contributed by atoms with Crippen molar-refractivity contribution in [2.45, 2.75) is 25.5 Å². The molecule has 1 atom stereocenters. The van der Waals surface area contributed by atoms with E-state index in [-0.39, 0.29) is 5.82 Å². The topological polar surface area (TPSA) is 61.1 Å². The van der Waals surface area contributed by atoms with Crippen molar-refractivity contribution < 1.29 is 18.8 Å². The lowest BCUT2D eigenvalue weighted by molar-refractivity contribution is -0.280. The molecular weight excluding hydrogens is 411 g/mol. The van der Waals surface area contributed by atoms with E-state index in [0.717, 1.165) is 34.7 Å². The van der Waals surface area contributed by atoms with Gasteiger partial charge in [0.1, 0.15) is 11.6 Å². The van der Waals surface area contributed by atoms with Crippen molar-refractivity contribution >= 4 is 11.9 Å². The molecule has 8 heteroatoms. The van der Waals surface area contributed by atoms with Crippen LogP contribution in [0.15, 0.2) is 66.2 Å². The van der Waals surface area contributed by atoms with Crippen LogP contribution in [0.1, 0.15) is 29.7 Å². The fourth-order valence-corrected chi connectivity index (χ4v) is 4.02. The van der Waals surface area contributed by atoms with Gasteiger partial charge in [0, 0.05) is 18.2 Å². The summed E-state index contributed by atoms with van der Waals surface area (Å²) in [7, 11) is 1.64. The molecule has 0 saturated carbocycles. The van der Waals surface area contributed by atoms with Gasteiger partial charge in [-0.3, -0.25) is 4.84 Å². The molecule has 0 bridgehead atoms. The third-order valence-corrected chi connectivity index (χ3v) is 5.62. The molecule has 0 aliphatic carbocycles. The van der Waals surface area contributed by atoms with Crippen molar-refractivity contribution in [3.63, 3.8) is 0 Å². The lowest BCUT2D eigenvalue weighted by Gasteiger charge is -2.39. The zero-order chi connectivity index (χ0) is 22.1. The molecule has 5 rings (SSSR count). The highest BCUT2D eigenvalue weighted by atomic mass is 19.1. The number of ether oxygens (including phenoxy) is 1. The zero-order valence-corrected chi connectivity index (χ0v) is 17.9. The van der Waals surface area contributed by atoms with E-state index in [0.29, 0.717) is 18.9 Å². The molecule has 1 fully saturated rings. The van der Waals surface area contributed by atoms with Crippen LogP contribution >= 0.6 is 0 Å². The highest BCUT2D eigenvalue weighted by Crippen LogP contribution is 2.42. The SMILES string of the molecule is COc1cc(/C=C/C2=NOC3(c4ccc(F)cc4)CCCON23)ccc1-n1cnc(C)c1. The van der Waals surface area contributed by atoms with E-state index in [2.05, 4.69) is 10.1 Å². The summed E-state index contributed by atoms with van der Waals surface area (Å²) in [6.07, 6.45) is 8.97. The predicted molar refractivity (Wildman–Crippen MR) is 118 cm³/mol. The highest BCUT2D eigenvalue weighted by Gasteiger charge is 2.50. The first kappa shape index (κ1) is 20.3. The van der Waals surface area contributed by atoms with Crippen molar-refractivity contribution in [3.8, 4) is 11.4 Å². The molecule has 0 spiro atoms. The van der Waals surface area contributed by atoms with Gasteiger partial charge in [-0.25, -0.2) is 9.37 Å². The molecule has 3 heterocycles. The summed E-state index contributed by atoms with van der Waals surface area (Å²) in [6, 6.07) is 12.2. The first-order valence-electron chi connectivity index (χ1n) is 10.4. The monoisotopic (exact) mass is 434 g/mol. The molecule has 1 unspecified atom stereocenters. The van der Waals surface area contributed by atoms with Crippen molar-refractivity contribution in [2.75, 3.05) is 13.7 Å². The molecule has 1 saturated heterocycles. The summed E-state index contributed by atoms with van der Waals surface area (Å²) in [4.78, 5) is 16.1. The fraction of sp³-hybridized carbons (Fsp3) is 0.250. The summed E-state index contributed by atoms with van der Waals surface area (Å²) in [5, 5.41) is 5.95. The molecule has 0 amide bonds. The van der Waals surface area contributed by atoms with Gasteiger partial charge in [-0.15, -0.1) is 0 Å². The second-order valence-electron chi connectivity index (χ2n) is 7.75. The molecule has 7 nitrogen and oxygen atoms in total. The predicted octanol–water partition coefficient (Wildman–Crippen LogP) is 4.57. The van der Waals surface area contributed by atoms with Gasteiger partial charge < -0.3 is 14.1 Å². The van der Waals surface area contributed by atoms with Gasteiger partial charge in [-0.2, -0.15) is 5.06 Å². The molecule has 0 radical (unpaired) electrons. The quantitative estimate of drug-likeness (QED) is 0.589. The molecule has 2 aliphatic heterocycles. The summed E-state index contributed by atoms with van der Waals surface area (Å²) < 4.78 is 21.0. The molecule has 2 aromatic carbocycles. The van der Waals surface area contributed by atoms with Crippen LogP contribution in [0.5, 0.6) is 5.75 Å². The molecule has 32 heavy (non-hydrogen) atoms. The van der Waals surface area contributed by atoms with Gasteiger partial charge in [0.2, 0.25) is 0 Å². The van der Waals surface area contributed by atoms with E-state index in [1.54, 1.807) is 30.6 Å². The Balaban J connectivity index is 1.40. The Kier molecular flexibility index (Phi) is 5.14. The maximum absolute atomic E-state index is 13.4. The van der Waals surface area contributed by atoms with Gasteiger partial charge >= 0.3 is 0 Å². The number of hydroxylamine groups is 2. The number of rotatable bonds is 5. The number of imidazole rings is 1. The minimum atomic E-state index is -0.882.